The van der Waals surface area contributed by atoms with Gasteiger partial charge in [-0.1, -0.05) is 17.3 Å². The average Bonchev–Trinajstić information content (AvgIpc) is 3.27. The number of carbonyl (C=O) groups is 1. The third kappa shape index (κ3) is 3.32. The molecule has 2 aromatic heterocycles. The van der Waals surface area contributed by atoms with Gasteiger partial charge < -0.3 is 4.90 Å². The number of likely N-dealkylation sites (tertiary alicyclic amines) is 1. The van der Waals surface area contributed by atoms with Gasteiger partial charge >= 0.3 is 5.69 Å². The number of hydrogen-bond donors (Lipinski definition) is 0. The second-order valence-corrected chi connectivity index (χ2v) is 7.21. The van der Waals surface area contributed by atoms with E-state index < -0.39 is 0 Å². The zero-order chi connectivity index (χ0) is 19.7. The molecule has 0 unspecified atom stereocenters. The highest BCUT2D eigenvalue weighted by Crippen LogP contribution is 2.26. The molecule has 0 bridgehead atoms. The van der Waals surface area contributed by atoms with Crippen LogP contribution in [0.25, 0.3) is 11.0 Å². The Morgan fingerprint density at radius 2 is 1.96 bits per heavy atom. The molecule has 1 amide bonds. The fourth-order valence-electron chi connectivity index (χ4n) is 3.95. The molecule has 1 aliphatic rings. The monoisotopic (exact) mass is 383 g/mol. The standard InChI is InChI=1S/C19H25N7O2/c1-3-25-18(21-23(2)19(25)28)14-8-11-24(12-9-14)17(27)10-13-26-16-7-5-4-6-15(16)20-22-26/h4-7,14H,3,8-13H2,1-2H3. The van der Waals surface area contributed by atoms with E-state index in [-0.39, 0.29) is 17.5 Å². The maximum atomic E-state index is 12.6. The van der Waals surface area contributed by atoms with Gasteiger partial charge in [0.15, 0.2) is 0 Å². The van der Waals surface area contributed by atoms with Crippen molar-refractivity contribution in [2.45, 2.75) is 45.2 Å². The zero-order valence-corrected chi connectivity index (χ0v) is 16.3. The number of aryl methyl sites for hydroxylation is 2. The number of aromatic nitrogens is 6. The van der Waals surface area contributed by atoms with Gasteiger partial charge in [0.1, 0.15) is 11.3 Å². The normalized spacial score (nSPS) is 15.4. The number of rotatable bonds is 5. The molecule has 0 atom stereocenters. The first-order valence-electron chi connectivity index (χ1n) is 9.78. The van der Waals surface area contributed by atoms with E-state index in [1.54, 1.807) is 16.3 Å². The Bertz CT molecular complexity index is 1040. The number of piperidine rings is 1. The molecule has 1 fully saturated rings. The molecule has 0 aliphatic carbocycles. The summed E-state index contributed by atoms with van der Waals surface area (Å²) in [7, 11) is 1.69. The van der Waals surface area contributed by atoms with Crippen LogP contribution in [-0.2, 0) is 24.9 Å². The summed E-state index contributed by atoms with van der Waals surface area (Å²) >= 11 is 0. The highest BCUT2D eigenvalue weighted by molar-refractivity contribution is 5.77. The molecule has 1 aromatic carbocycles. The minimum absolute atomic E-state index is 0.0731. The van der Waals surface area contributed by atoms with E-state index in [1.807, 2.05) is 36.1 Å². The largest absolute Gasteiger partial charge is 0.345 e. The van der Waals surface area contributed by atoms with Crippen LogP contribution >= 0.6 is 0 Å². The van der Waals surface area contributed by atoms with E-state index in [0.29, 0.717) is 32.6 Å². The van der Waals surface area contributed by atoms with E-state index in [4.69, 9.17) is 0 Å². The molecular formula is C19H25N7O2. The van der Waals surface area contributed by atoms with Crippen molar-refractivity contribution in [3.63, 3.8) is 0 Å². The SMILES string of the molecule is CCn1c(C2CCN(C(=O)CCn3nnc4ccccc43)CC2)nn(C)c1=O. The van der Waals surface area contributed by atoms with Gasteiger partial charge in [0.05, 0.1) is 12.1 Å². The highest BCUT2D eigenvalue weighted by Gasteiger charge is 2.27. The molecule has 0 saturated carbocycles. The lowest BCUT2D eigenvalue weighted by molar-refractivity contribution is -0.132. The van der Waals surface area contributed by atoms with Gasteiger partial charge in [-0.15, -0.1) is 5.10 Å². The van der Waals surface area contributed by atoms with E-state index in [1.165, 1.54) is 4.68 Å². The quantitative estimate of drug-likeness (QED) is 0.659. The summed E-state index contributed by atoms with van der Waals surface area (Å²) in [5, 5.41) is 12.7. The van der Waals surface area contributed by atoms with Crippen LogP contribution in [0.3, 0.4) is 0 Å². The summed E-state index contributed by atoms with van der Waals surface area (Å²) in [6.07, 6.45) is 2.06. The third-order valence-corrected chi connectivity index (χ3v) is 5.52. The molecule has 3 heterocycles. The molecule has 1 aliphatic heterocycles. The van der Waals surface area contributed by atoms with Crippen LogP contribution in [0.1, 0.15) is 37.9 Å². The Morgan fingerprint density at radius 1 is 1.21 bits per heavy atom. The fraction of sp³-hybridized carbons (Fsp3) is 0.526. The van der Waals surface area contributed by atoms with Gasteiger partial charge in [0.25, 0.3) is 0 Å². The molecule has 0 spiro atoms. The Hall–Kier alpha value is -2.97. The van der Waals surface area contributed by atoms with Crippen LogP contribution in [0.2, 0.25) is 0 Å². The number of fused-ring (bicyclic) bond motifs is 1. The van der Waals surface area contributed by atoms with Gasteiger partial charge in [-0.3, -0.25) is 9.36 Å². The lowest BCUT2D eigenvalue weighted by Crippen LogP contribution is -2.39. The van der Waals surface area contributed by atoms with Crippen molar-refractivity contribution < 1.29 is 4.79 Å². The molecule has 9 heteroatoms. The number of para-hydroxylation sites is 1. The highest BCUT2D eigenvalue weighted by atomic mass is 16.2. The van der Waals surface area contributed by atoms with Crippen LogP contribution < -0.4 is 5.69 Å². The Labute approximate surface area is 162 Å². The van der Waals surface area contributed by atoms with Crippen LogP contribution in [0.15, 0.2) is 29.1 Å². The van der Waals surface area contributed by atoms with Gasteiger partial charge in [-0.25, -0.2) is 14.2 Å². The van der Waals surface area contributed by atoms with Gasteiger partial charge in [-0.2, -0.15) is 5.10 Å². The molecule has 28 heavy (non-hydrogen) atoms. The molecular weight excluding hydrogens is 358 g/mol. The molecule has 0 radical (unpaired) electrons. The van der Waals surface area contributed by atoms with Crippen LogP contribution in [0, 0.1) is 0 Å². The molecule has 4 rings (SSSR count). The van der Waals surface area contributed by atoms with Crippen LogP contribution in [0.5, 0.6) is 0 Å². The summed E-state index contributed by atoms with van der Waals surface area (Å²) < 4.78 is 4.92. The topological polar surface area (TPSA) is 90.8 Å². The lowest BCUT2D eigenvalue weighted by atomic mass is 9.95. The summed E-state index contributed by atoms with van der Waals surface area (Å²) in [4.78, 5) is 26.7. The van der Waals surface area contributed by atoms with Crippen molar-refractivity contribution in [3.8, 4) is 0 Å². The summed E-state index contributed by atoms with van der Waals surface area (Å²) in [5.74, 6) is 1.19. The minimum Gasteiger partial charge on any atom is -0.343 e. The summed E-state index contributed by atoms with van der Waals surface area (Å²) in [6.45, 7) is 4.48. The van der Waals surface area contributed by atoms with Crippen molar-refractivity contribution >= 4 is 16.9 Å². The van der Waals surface area contributed by atoms with Crippen molar-refractivity contribution in [1.82, 2.24) is 34.2 Å². The average molecular weight is 383 g/mol. The predicted octanol–water partition coefficient (Wildman–Crippen LogP) is 1.14. The number of amides is 1. The smallest absolute Gasteiger partial charge is 0.343 e. The maximum Gasteiger partial charge on any atom is 0.345 e. The molecule has 1 saturated heterocycles. The van der Waals surface area contributed by atoms with E-state index in [0.717, 1.165) is 29.7 Å². The van der Waals surface area contributed by atoms with E-state index in [9.17, 15) is 9.59 Å². The van der Waals surface area contributed by atoms with Crippen LogP contribution in [-0.4, -0.2) is 53.2 Å². The van der Waals surface area contributed by atoms with Gasteiger partial charge in [0.2, 0.25) is 5.91 Å². The second-order valence-electron chi connectivity index (χ2n) is 7.21. The Kier molecular flexibility index (Phi) is 4.97. The van der Waals surface area contributed by atoms with E-state index >= 15 is 0 Å². The van der Waals surface area contributed by atoms with Crippen molar-refractivity contribution in [1.29, 1.82) is 0 Å². The molecule has 3 aromatic rings. The Balaban J connectivity index is 1.35. The van der Waals surface area contributed by atoms with Crippen molar-refractivity contribution in [3.05, 3.63) is 40.6 Å². The molecule has 148 valence electrons. The fourth-order valence-corrected chi connectivity index (χ4v) is 3.95. The molecule has 9 nitrogen and oxygen atoms in total. The first-order chi connectivity index (χ1) is 13.6. The minimum atomic E-state index is -0.0731. The van der Waals surface area contributed by atoms with Crippen molar-refractivity contribution in [2.24, 2.45) is 7.05 Å². The first-order valence-corrected chi connectivity index (χ1v) is 9.78. The van der Waals surface area contributed by atoms with E-state index in [2.05, 4.69) is 15.4 Å². The van der Waals surface area contributed by atoms with Gasteiger partial charge in [0, 0.05) is 39.0 Å². The number of nitrogens with zero attached hydrogens (tertiary/aromatic N) is 7. The second kappa shape index (κ2) is 7.57. The number of hydrogen-bond acceptors (Lipinski definition) is 5. The maximum absolute atomic E-state index is 12.6. The van der Waals surface area contributed by atoms with Crippen molar-refractivity contribution in [2.75, 3.05) is 13.1 Å². The molecule has 0 N–H and O–H groups in total. The summed E-state index contributed by atoms with van der Waals surface area (Å²) in [5.41, 5.74) is 1.71. The Morgan fingerprint density at radius 3 is 2.71 bits per heavy atom. The summed E-state index contributed by atoms with van der Waals surface area (Å²) in [6, 6.07) is 7.75. The lowest BCUT2D eigenvalue weighted by Gasteiger charge is -2.31. The third-order valence-electron chi connectivity index (χ3n) is 5.52. The first kappa shape index (κ1) is 18.4. The van der Waals surface area contributed by atoms with Gasteiger partial charge in [-0.05, 0) is 31.9 Å². The zero-order valence-electron chi connectivity index (χ0n) is 16.3. The predicted molar refractivity (Wildman–Crippen MR) is 104 cm³/mol. The van der Waals surface area contributed by atoms with Crippen LogP contribution in [0.4, 0.5) is 0 Å². The number of benzene rings is 1. The number of carbonyl (C=O) groups excluding carboxylic acids is 1.